The summed E-state index contributed by atoms with van der Waals surface area (Å²) < 4.78 is 2.51. The minimum absolute atomic E-state index is 1.00. The van der Waals surface area contributed by atoms with Crippen LogP contribution >= 0.6 is 12.6 Å². The van der Waals surface area contributed by atoms with Crippen LogP contribution in [0, 0.1) is 6.92 Å². The lowest BCUT2D eigenvalue weighted by Gasteiger charge is -2.17. The number of fused-ring (bicyclic) bond motifs is 3. The standard InChI is InChI=1S/C31H27NS/c1-21-14-16-27-28-20-23(22-8-7-9-24(19-22)26-12-5-6-13-31(26)33)15-17-29(28)32(30(27)18-21)25-10-3-2-4-11-25/h5-10,12-20,33H,2-4,11H2,1H3. The number of aromatic nitrogens is 1. The molecule has 0 atom stereocenters. The minimum atomic E-state index is 1.00. The molecule has 1 heterocycles. The molecule has 0 saturated heterocycles. The van der Waals surface area contributed by atoms with Gasteiger partial charge in [0.15, 0.2) is 0 Å². The average molecular weight is 446 g/mol. The molecule has 0 unspecified atom stereocenters. The summed E-state index contributed by atoms with van der Waals surface area (Å²) in [4.78, 5) is 1.00. The molecule has 0 amide bonds. The summed E-state index contributed by atoms with van der Waals surface area (Å²) in [6.07, 6.45) is 7.35. The van der Waals surface area contributed by atoms with Crippen molar-refractivity contribution in [3.63, 3.8) is 0 Å². The Bertz CT molecular complexity index is 1540. The molecule has 1 nitrogen and oxygen atoms in total. The summed E-state index contributed by atoms with van der Waals surface area (Å²) in [5.41, 5.74) is 10.2. The number of rotatable bonds is 3. The van der Waals surface area contributed by atoms with Crippen molar-refractivity contribution in [1.82, 2.24) is 4.57 Å². The zero-order valence-electron chi connectivity index (χ0n) is 18.9. The summed E-state index contributed by atoms with van der Waals surface area (Å²) in [6, 6.07) is 30.9. The van der Waals surface area contributed by atoms with Gasteiger partial charge in [-0.3, -0.25) is 0 Å². The smallest absolute Gasteiger partial charge is 0.0540 e. The van der Waals surface area contributed by atoms with E-state index in [1.807, 2.05) is 12.1 Å². The van der Waals surface area contributed by atoms with Crippen molar-refractivity contribution in [3.8, 4) is 22.3 Å². The summed E-state index contributed by atoms with van der Waals surface area (Å²) in [7, 11) is 0. The molecular weight excluding hydrogens is 418 g/mol. The molecule has 0 spiro atoms. The molecule has 6 rings (SSSR count). The SMILES string of the molecule is Cc1ccc2c3cc(-c4cccc(-c5ccccc5S)c4)ccc3n(C3=CCCCC3)c2c1. The topological polar surface area (TPSA) is 4.93 Å². The Hall–Kier alpha value is -3.23. The molecule has 0 radical (unpaired) electrons. The van der Waals surface area contributed by atoms with E-state index in [-0.39, 0.29) is 0 Å². The Labute approximate surface area is 200 Å². The highest BCUT2D eigenvalue weighted by molar-refractivity contribution is 7.80. The first kappa shape index (κ1) is 20.4. The third-order valence-electron chi connectivity index (χ3n) is 6.89. The Morgan fingerprint density at radius 2 is 1.55 bits per heavy atom. The van der Waals surface area contributed by atoms with E-state index in [1.165, 1.54) is 74.6 Å². The first-order valence-electron chi connectivity index (χ1n) is 11.8. The molecule has 0 bridgehead atoms. The highest BCUT2D eigenvalue weighted by Crippen LogP contribution is 2.38. The molecule has 4 aromatic carbocycles. The maximum atomic E-state index is 4.67. The quantitative estimate of drug-likeness (QED) is 0.264. The van der Waals surface area contributed by atoms with E-state index < -0.39 is 0 Å². The molecule has 33 heavy (non-hydrogen) atoms. The van der Waals surface area contributed by atoms with Crippen LogP contribution < -0.4 is 0 Å². The van der Waals surface area contributed by atoms with Gasteiger partial charge in [0.25, 0.3) is 0 Å². The van der Waals surface area contributed by atoms with Gasteiger partial charge < -0.3 is 4.57 Å². The second kappa shape index (κ2) is 8.28. The lowest BCUT2D eigenvalue weighted by Crippen LogP contribution is -2.00. The van der Waals surface area contributed by atoms with Crippen LogP contribution in [0.15, 0.2) is 95.9 Å². The van der Waals surface area contributed by atoms with Crippen LogP contribution in [0.2, 0.25) is 0 Å². The largest absolute Gasteiger partial charge is 0.313 e. The normalized spacial score (nSPS) is 14.1. The summed E-state index contributed by atoms with van der Waals surface area (Å²) in [5, 5.41) is 2.66. The maximum absolute atomic E-state index is 4.67. The van der Waals surface area contributed by atoms with E-state index in [4.69, 9.17) is 0 Å². The zero-order valence-corrected chi connectivity index (χ0v) is 19.8. The van der Waals surface area contributed by atoms with Gasteiger partial charge in [-0.05, 0) is 90.8 Å². The van der Waals surface area contributed by atoms with E-state index in [2.05, 4.69) is 103 Å². The van der Waals surface area contributed by atoms with E-state index in [0.29, 0.717) is 0 Å². The fourth-order valence-electron chi connectivity index (χ4n) is 5.23. The molecule has 1 aliphatic rings. The lowest BCUT2D eigenvalue weighted by molar-refractivity contribution is 0.724. The molecule has 0 aliphatic heterocycles. The van der Waals surface area contributed by atoms with Gasteiger partial charge in [0.2, 0.25) is 0 Å². The average Bonchev–Trinajstić information content (AvgIpc) is 3.17. The van der Waals surface area contributed by atoms with Crippen molar-refractivity contribution >= 4 is 40.1 Å². The predicted octanol–water partition coefficient (Wildman–Crippen LogP) is 9.14. The van der Waals surface area contributed by atoms with Crippen LogP contribution in [-0.2, 0) is 0 Å². The van der Waals surface area contributed by atoms with Crippen molar-refractivity contribution in [3.05, 3.63) is 96.6 Å². The van der Waals surface area contributed by atoms with E-state index in [1.54, 1.807) is 0 Å². The van der Waals surface area contributed by atoms with Crippen molar-refractivity contribution < 1.29 is 0 Å². The first-order chi connectivity index (χ1) is 16.2. The van der Waals surface area contributed by atoms with Gasteiger partial charge in [-0.25, -0.2) is 0 Å². The number of hydrogen-bond donors (Lipinski definition) is 1. The van der Waals surface area contributed by atoms with Gasteiger partial charge in [0, 0.05) is 21.4 Å². The van der Waals surface area contributed by atoms with Crippen LogP contribution in [0.1, 0.15) is 31.2 Å². The van der Waals surface area contributed by atoms with E-state index >= 15 is 0 Å². The van der Waals surface area contributed by atoms with Gasteiger partial charge in [-0.1, -0.05) is 60.7 Å². The highest BCUT2D eigenvalue weighted by Gasteiger charge is 2.16. The number of aryl methyl sites for hydroxylation is 1. The van der Waals surface area contributed by atoms with Crippen LogP contribution in [0.4, 0.5) is 0 Å². The van der Waals surface area contributed by atoms with Gasteiger partial charge in [-0.2, -0.15) is 0 Å². The minimum Gasteiger partial charge on any atom is -0.313 e. The monoisotopic (exact) mass is 445 g/mol. The molecule has 2 heteroatoms. The van der Waals surface area contributed by atoms with E-state index in [0.717, 1.165) is 11.3 Å². The molecule has 0 N–H and O–H groups in total. The number of thiol groups is 1. The van der Waals surface area contributed by atoms with Gasteiger partial charge in [-0.15, -0.1) is 12.6 Å². The Morgan fingerprint density at radius 1 is 0.697 bits per heavy atom. The number of hydrogen-bond acceptors (Lipinski definition) is 1. The van der Waals surface area contributed by atoms with Crippen LogP contribution in [-0.4, -0.2) is 4.57 Å². The molecular formula is C31H27NS. The third-order valence-corrected chi connectivity index (χ3v) is 7.28. The van der Waals surface area contributed by atoms with Crippen molar-refractivity contribution in [2.24, 2.45) is 0 Å². The third kappa shape index (κ3) is 3.59. The van der Waals surface area contributed by atoms with Gasteiger partial charge in [0.1, 0.15) is 0 Å². The molecule has 0 saturated carbocycles. The Morgan fingerprint density at radius 3 is 2.39 bits per heavy atom. The summed E-state index contributed by atoms with van der Waals surface area (Å²) >= 11 is 4.67. The molecule has 1 aromatic heterocycles. The summed E-state index contributed by atoms with van der Waals surface area (Å²) in [6.45, 7) is 2.19. The zero-order chi connectivity index (χ0) is 22.4. The van der Waals surface area contributed by atoms with Crippen molar-refractivity contribution in [2.45, 2.75) is 37.5 Å². The fourth-order valence-corrected chi connectivity index (χ4v) is 5.52. The summed E-state index contributed by atoms with van der Waals surface area (Å²) in [5.74, 6) is 0. The van der Waals surface area contributed by atoms with Crippen molar-refractivity contribution in [2.75, 3.05) is 0 Å². The van der Waals surface area contributed by atoms with Gasteiger partial charge >= 0.3 is 0 Å². The maximum Gasteiger partial charge on any atom is 0.0540 e. The molecule has 5 aromatic rings. The van der Waals surface area contributed by atoms with Crippen molar-refractivity contribution in [1.29, 1.82) is 0 Å². The molecule has 1 aliphatic carbocycles. The molecule has 162 valence electrons. The highest BCUT2D eigenvalue weighted by atomic mass is 32.1. The predicted molar refractivity (Wildman–Crippen MR) is 145 cm³/mol. The second-order valence-corrected chi connectivity index (χ2v) is 9.61. The number of nitrogens with zero attached hydrogens (tertiary/aromatic N) is 1. The van der Waals surface area contributed by atoms with Crippen LogP contribution in [0.25, 0.3) is 49.8 Å². The Kier molecular flexibility index (Phi) is 5.11. The van der Waals surface area contributed by atoms with Crippen LogP contribution in [0.5, 0.6) is 0 Å². The number of allylic oxidation sites excluding steroid dienone is 2. The first-order valence-corrected chi connectivity index (χ1v) is 12.3. The van der Waals surface area contributed by atoms with E-state index in [9.17, 15) is 0 Å². The van der Waals surface area contributed by atoms with Gasteiger partial charge in [0.05, 0.1) is 11.0 Å². The Balaban J connectivity index is 1.54. The fraction of sp³-hybridized carbons (Fsp3) is 0.161. The number of benzene rings is 4. The van der Waals surface area contributed by atoms with Crippen LogP contribution in [0.3, 0.4) is 0 Å². The molecule has 0 fully saturated rings. The lowest BCUT2D eigenvalue weighted by atomic mass is 9.98. The second-order valence-electron chi connectivity index (χ2n) is 9.13.